The van der Waals surface area contributed by atoms with E-state index in [2.05, 4.69) is 27.6 Å². The molecule has 0 fully saturated rings. The van der Waals surface area contributed by atoms with E-state index in [1.165, 1.54) is 0 Å². The van der Waals surface area contributed by atoms with Crippen LogP contribution in [0.3, 0.4) is 0 Å². The standard InChI is InChI=1S/C8H8IN3O/c1-5-4-11(2)8(13)12-6(9)3-10-7(5)12/h3-4H,1-2H3. The molecule has 68 valence electrons. The number of aryl methyl sites for hydroxylation is 2. The van der Waals surface area contributed by atoms with Gasteiger partial charge in [-0.3, -0.25) is 0 Å². The molecule has 0 aliphatic heterocycles. The number of imidazole rings is 1. The molecule has 0 aliphatic carbocycles. The molecule has 0 saturated carbocycles. The highest BCUT2D eigenvalue weighted by atomic mass is 127. The first kappa shape index (κ1) is 8.74. The third kappa shape index (κ3) is 1.18. The molecule has 4 nitrogen and oxygen atoms in total. The van der Waals surface area contributed by atoms with Crippen molar-refractivity contribution in [3.05, 3.63) is 32.1 Å². The van der Waals surface area contributed by atoms with Crippen LogP contribution in [0.1, 0.15) is 5.56 Å². The Balaban J connectivity index is 3.10. The van der Waals surface area contributed by atoms with Crippen molar-refractivity contribution < 1.29 is 0 Å². The summed E-state index contributed by atoms with van der Waals surface area (Å²) in [6, 6.07) is 0. The topological polar surface area (TPSA) is 39.3 Å². The van der Waals surface area contributed by atoms with E-state index < -0.39 is 0 Å². The van der Waals surface area contributed by atoms with Crippen LogP contribution in [0.2, 0.25) is 0 Å². The average Bonchev–Trinajstić information content (AvgIpc) is 2.44. The first-order valence-corrected chi connectivity index (χ1v) is 4.88. The fourth-order valence-electron chi connectivity index (χ4n) is 1.35. The maximum atomic E-state index is 11.6. The Hall–Kier alpha value is -0.850. The Morgan fingerprint density at radius 3 is 2.92 bits per heavy atom. The summed E-state index contributed by atoms with van der Waals surface area (Å²) in [5.74, 6) is 0. The van der Waals surface area contributed by atoms with Gasteiger partial charge in [-0.1, -0.05) is 0 Å². The van der Waals surface area contributed by atoms with E-state index in [1.807, 2.05) is 6.92 Å². The van der Waals surface area contributed by atoms with Crippen molar-refractivity contribution in [1.29, 1.82) is 0 Å². The Morgan fingerprint density at radius 2 is 2.23 bits per heavy atom. The van der Waals surface area contributed by atoms with E-state index in [-0.39, 0.29) is 5.69 Å². The monoisotopic (exact) mass is 289 g/mol. The van der Waals surface area contributed by atoms with Crippen LogP contribution >= 0.6 is 22.6 Å². The summed E-state index contributed by atoms with van der Waals surface area (Å²) in [7, 11) is 1.74. The van der Waals surface area contributed by atoms with E-state index in [4.69, 9.17) is 0 Å². The van der Waals surface area contributed by atoms with Gasteiger partial charge in [0.25, 0.3) is 0 Å². The maximum absolute atomic E-state index is 11.6. The third-order valence-corrected chi connectivity index (χ3v) is 2.71. The number of fused-ring (bicyclic) bond motifs is 1. The summed E-state index contributed by atoms with van der Waals surface area (Å²) in [5.41, 5.74) is 1.69. The average molecular weight is 289 g/mol. The molecular formula is C8H8IN3O. The Morgan fingerprint density at radius 1 is 1.54 bits per heavy atom. The van der Waals surface area contributed by atoms with Crippen molar-refractivity contribution in [2.24, 2.45) is 7.05 Å². The minimum atomic E-state index is -0.0532. The zero-order valence-electron chi connectivity index (χ0n) is 7.28. The summed E-state index contributed by atoms with van der Waals surface area (Å²) >= 11 is 2.10. The maximum Gasteiger partial charge on any atom is 0.334 e. The molecule has 2 heterocycles. The van der Waals surface area contributed by atoms with E-state index in [9.17, 15) is 4.79 Å². The molecule has 2 aromatic rings. The molecule has 0 amide bonds. The molecule has 0 unspecified atom stereocenters. The van der Waals surface area contributed by atoms with Crippen molar-refractivity contribution in [2.75, 3.05) is 0 Å². The molecular weight excluding hydrogens is 281 g/mol. The highest BCUT2D eigenvalue weighted by Gasteiger charge is 2.07. The van der Waals surface area contributed by atoms with Gasteiger partial charge in [0.2, 0.25) is 0 Å². The number of hydrogen-bond acceptors (Lipinski definition) is 2. The van der Waals surface area contributed by atoms with E-state index in [1.54, 1.807) is 28.4 Å². The van der Waals surface area contributed by atoms with Gasteiger partial charge in [0.15, 0.2) is 0 Å². The highest BCUT2D eigenvalue weighted by molar-refractivity contribution is 14.1. The molecule has 0 radical (unpaired) electrons. The number of hydrogen-bond donors (Lipinski definition) is 0. The second-order valence-electron chi connectivity index (χ2n) is 2.95. The lowest BCUT2D eigenvalue weighted by atomic mass is 10.4. The Bertz CT molecular complexity index is 526. The van der Waals surface area contributed by atoms with Gasteiger partial charge in [-0.05, 0) is 29.5 Å². The second kappa shape index (κ2) is 2.83. The molecule has 0 N–H and O–H groups in total. The largest absolute Gasteiger partial charge is 0.334 e. The molecule has 0 aromatic carbocycles. The number of halogens is 1. The Kier molecular flexibility index (Phi) is 1.90. The van der Waals surface area contributed by atoms with Gasteiger partial charge in [0.1, 0.15) is 9.35 Å². The summed E-state index contributed by atoms with van der Waals surface area (Å²) in [4.78, 5) is 15.8. The van der Waals surface area contributed by atoms with Crippen LogP contribution in [0.4, 0.5) is 0 Å². The number of aromatic nitrogens is 3. The van der Waals surface area contributed by atoms with Crippen molar-refractivity contribution in [2.45, 2.75) is 6.92 Å². The molecule has 5 heteroatoms. The van der Waals surface area contributed by atoms with Crippen molar-refractivity contribution in [3.8, 4) is 0 Å². The smallest absolute Gasteiger partial charge is 0.303 e. The lowest BCUT2D eigenvalue weighted by Crippen LogP contribution is -2.25. The van der Waals surface area contributed by atoms with Gasteiger partial charge in [-0.2, -0.15) is 0 Å². The van der Waals surface area contributed by atoms with Crippen molar-refractivity contribution in [1.82, 2.24) is 14.0 Å². The predicted molar refractivity (Wildman–Crippen MR) is 57.9 cm³/mol. The summed E-state index contributed by atoms with van der Waals surface area (Å²) in [6.45, 7) is 1.94. The van der Waals surface area contributed by atoms with E-state index >= 15 is 0 Å². The fourth-order valence-corrected chi connectivity index (χ4v) is 1.93. The van der Waals surface area contributed by atoms with Crippen molar-refractivity contribution in [3.63, 3.8) is 0 Å². The van der Waals surface area contributed by atoms with Crippen LogP contribution in [0.15, 0.2) is 17.2 Å². The van der Waals surface area contributed by atoms with Gasteiger partial charge in [0.05, 0.1) is 6.20 Å². The van der Waals surface area contributed by atoms with Crippen LogP contribution in [0.25, 0.3) is 5.65 Å². The molecule has 0 saturated heterocycles. The molecule has 0 atom stereocenters. The van der Waals surface area contributed by atoms with Gasteiger partial charge in [-0.25, -0.2) is 14.2 Å². The Labute approximate surface area is 88.4 Å². The molecule has 2 aromatic heterocycles. The molecule has 0 aliphatic rings. The molecule has 13 heavy (non-hydrogen) atoms. The van der Waals surface area contributed by atoms with Crippen LogP contribution in [-0.2, 0) is 7.05 Å². The minimum absolute atomic E-state index is 0.0532. The van der Waals surface area contributed by atoms with Gasteiger partial charge < -0.3 is 4.57 Å². The summed E-state index contributed by atoms with van der Waals surface area (Å²) in [5, 5.41) is 0. The highest BCUT2D eigenvalue weighted by Crippen LogP contribution is 2.09. The van der Waals surface area contributed by atoms with Crippen molar-refractivity contribution >= 4 is 28.2 Å². The molecule has 0 bridgehead atoms. The van der Waals surface area contributed by atoms with Crippen LogP contribution in [-0.4, -0.2) is 14.0 Å². The van der Waals surface area contributed by atoms with Gasteiger partial charge >= 0.3 is 5.69 Å². The zero-order valence-corrected chi connectivity index (χ0v) is 9.44. The quantitative estimate of drug-likeness (QED) is 0.677. The first-order chi connectivity index (χ1) is 6.11. The zero-order chi connectivity index (χ0) is 9.59. The molecule has 0 spiro atoms. The van der Waals surface area contributed by atoms with Crippen LogP contribution in [0.5, 0.6) is 0 Å². The van der Waals surface area contributed by atoms with Gasteiger partial charge in [-0.15, -0.1) is 0 Å². The lowest BCUT2D eigenvalue weighted by Gasteiger charge is -2.02. The SMILES string of the molecule is Cc1cn(C)c(=O)n2c(I)cnc12. The summed E-state index contributed by atoms with van der Waals surface area (Å²) < 4.78 is 4.01. The van der Waals surface area contributed by atoms with Gasteiger partial charge in [0, 0.05) is 18.8 Å². The molecule has 2 rings (SSSR count). The third-order valence-electron chi connectivity index (χ3n) is 1.95. The van der Waals surface area contributed by atoms with E-state index in [0.717, 1.165) is 14.9 Å². The predicted octanol–water partition coefficient (Wildman–Crippen LogP) is 0.946. The number of nitrogens with zero attached hydrogens (tertiary/aromatic N) is 3. The minimum Gasteiger partial charge on any atom is -0.303 e. The fraction of sp³-hybridized carbons (Fsp3) is 0.250. The first-order valence-electron chi connectivity index (χ1n) is 3.80. The second-order valence-corrected chi connectivity index (χ2v) is 4.05. The number of rotatable bonds is 0. The van der Waals surface area contributed by atoms with E-state index in [0.29, 0.717) is 0 Å². The van der Waals surface area contributed by atoms with Crippen LogP contribution < -0.4 is 5.69 Å². The van der Waals surface area contributed by atoms with Crippen LogP contribution in [0, 0.1) is 10.6 Å². The normalized spacial score (nSPS) is 11.0. The summed E-state index contributed by atoms with van der Waals surface area (Å²) in [6.07, 6.45) is 3.49. The lowest BCUT2D eigenvalue weighted by molar-refractivity contribution is 0.776.